The summed E-state index contributed by atoms with van der Waals surface area (Å²) in [4.78, 5) is 9.05. The van der Waals surface area contributed by atoms with Gasteiger partial charge in [-0.2, -0.15) is 4.98 Å². The number of hydrogen-bond donors (Lipinski definition) is 1. The molecule has 0 radical (unpaired) electrons. The Hall–Kier alpha value is -2.40. The van der Waals surface area contributed by atoms with Gasteiger partial charge < -0.3 is 9.09 Å². The van der Waals surface area contributed by atoms with Crippen molar-refractivity contribution in [1.29, 1.82) is 0 Å². The molecule has 0 aliphatic rings. The third-order valence-corrected chi connectivity index (χ3v) is 6.57. The molecule has 0 bridgehead atoms. The molecule has 0 saturated heterocycles. The number of imidazole rings is 1. The second kappa shape index (κ2) is 8.38. The largest absolute Gasteiger partial charge is 0.338 e. The van der Waals surface area contributed by atoms with Crippen LogP contribution in [0.5, 0.6) is 0 Å². The van der Waals surface area contributed by atoms with Crippen LogP contribution in [0, 0.1) is 0 Å². The monoisotopic (exact) mass is 463 g/mol. The van der Waals surface area contributed by atoms with Gasteiger partial charge in [0.1, 0.15) is 0 Å². The quantitative estimate of drug-likeness (QED) is 0.410. The fraction of sp³-hybridized carbons (Fsp3) is 0.211. The van der Waals surface area contributed by atoms with Gasteiger partial charge in [-0.05, 0) is 36.8 Å². The van der Waals surface area contributed by atoms with Gasteiger partial charge >= 0.3 is 0 Å². The minimum absolute atomic E-state index is 0.0361. The highest BCUT2D eigenvalue weighted by Crippen LogP contribution is 2.30. The van der Waals surface area contributed by atoms with Crippen molar-refractivity contribution in [2.75, 3.05) is 0 Å². The number of aromatic nitrogens is 4. The van der Waals surface area contributed by atoms with E-state index in [0.717, 1.165) is 23.6 Å². The number of nitrogens with two attached hydrogens (primary N) is 1. The smallest absolute Gasteiger partial charge is 0.238 e. The van der Waals surface area contributed by atoms with Gasteiger partial charge in [0.05, 0.1) is 26.7 Å². The molecule has 0 aliphatic carbocycles. The van der Waals surface area contributed by atoms with E-state index in [1.165, 1.54) is 23.9 Å². The van der Waals surface area contributed by atoms with E-state index >= 15 is 0 Å². The van der Waals surface area contributed by atoms with Gasteiger partial charge in [-0.1, -0.05) is 47.6 Å². The van der Waals surface area contributed by atoms with Crippen molar-refractivity contribution in [2.45, 2.75) is 35.7 Å². The highest BCUT2D eigenvalue weighted by molar-refractivity contribution is 7.98. The van der Waals surface area contributed by atoms with Gasteiger partial charge in [-0.25, -0.2) is 18.5 Å². The van der Waals surface area contributed by atoms with Crippen LogP contribution in [0.2, 0.25) is 5.02 Å². The van der Waals surface area contributed by atoms with Crippen LogP contribution >= 0.6 is 23.4 Å². The van der Waals surface area contributed by atoms with E-state index in [1.54, 1.807) is 12.1 Å². The Kier molecular flexibility index (Phi) is 5.83. The summed E-state index contributed by atoms with van der Waals surface area (Å²) < 4.78 is 30.7. The first-order valence-corrected chi connectivity index (χ1v) is 12.0. The molecule has 0 unspecified atom stereocenters. The number of halogens is 1. The molecular formula is C19H18ClN5O3S2. The van der Waals surface area contributed by atoms with Crippen LogP contribution in [0.15, 0.2) is 57.0 Å². The average Bonchev–Trinajstić information content (AvgIpc) is 3.31. The lowest BCUT2D eigenvalue weighted by atomic mass is 10.2. The number of fused-ring (bicyclic) bond motifs is 1. The van der Waals surface area contributed by atoms with Crippen LogP contribution in [0.4, 0.5) is 0 Å². The number of nitrogens with zero attached hydrogens (tertiary/aromatic N) is 4. The number of primary sulfonamides is 1. The summed E-state index contributed by atoms with van der Waals surface area (Å²) in [5, 5.41) is 10.5. The Balaban J connectivity index is 1.61. The van der Waals surface area contributed by atoms with E-state index in [4.69, 9.17) is 21.3 Å². The predicted molar refractivity (Wildman–Crippen MR) is 116 cm³/mol. The van der Waals surface area contributed by atoms with Gasteiger partial charge in [-0.3, -0.25) is 0 Å². The number of hydrogen-bond acceptors (Lipinski definition) is 7. The zero-order chi connectivity index (χ0) is 21.3. The molecule has 2 aromatic carbocycles. The maximum atomic E-state index is 11.6. The van der Waals surface area contributed by atoms with Crippen molar-refractivity contribution in [2.24, 2.45) is 5.14 Å². The zero-order valence-electron chi connectivity index (χ0n) is 15.9. The summed E-state index contributed by atoms with van der Waals surface area (Å²) in [5.41, 5.74) is 2.11. The Morgan fingerprint density at radius 3 is 2.73 bits per heavy atom. The number of thioether (sulfide) groups is 1. The van der Waals surface area contributed by atoms with E-state index in [9.17, 15) is 8.42 Å². The second-order valence-corrected chi connectivity index (χ2v) is 9.43. The minimum Gasteiger partial charge on any atom is -0.338 e. The Morgan fingerprint density at radius 1 is 1.20 bits per heavy atom. The molecule has 30 heavy (non-hydrogen) atoms. The van der Waals surface area contributed by atoms with Crippen LogP contribution < -0.4 is 5.14 Å². The zero-order valence-corrected chi connectivity index (χ0v) is 18.3. The molecule has 2 heterocycles. The molecule has 4 rings (SSSR count). The Labute approximate surface area is 182 Å². The molecule has 4 aromatic rings. The summed E-state index contributed by atoms with van der Waals surface area (Å²) in [6.07, 6.45) is 0.896. The van der Waals surface area contributed by atoms with Crippen LogP contribution in [0.25, 0.3) is 22.4 Å². The molecule has 0 fully saturated rings. The Morgan fingerprint density at radius 2 is 2.00 bits per heavy atom. The molecule has 11 heteroatoms. The molecule has 156 valence electrons. The van der Waals surface area contributed by atoms with Crippen molar-refractivity contribution >= 4 is 44.4 Å². The van der Waals surface area contributed by atoms with E-state index in [-0.39, 0.29) is 4.90 Å². The van der Waals surface area contributed by atoms with Gasteiger partial charge in [0, 0.05) is 12.1 Å². The lowest BCUT2D eigenvalue weighted by Gasteiger charge is -2.06. The van der Waals surface area contributed by atoms with Gasteiger partial charge in [0.2, 0.25) is 21.7 Å². The van der Waals surface area contributed by atoms with Gasteiger partial charge in [0.25, 0.3) is 0 Å². The van der Waals surface area contributed by atoms with Crippen LogP contribution in [0.3, 0.4) is 0 Å². The standard InChI is InChI=1S/C19H18ClN5O3S2/c1-2-9-25-16-8-7-12(30(21,26)27)10-15(16)22-19(25)29-11-17-23-18(24-28-17)13-5-3-4-6-14(13)20/h3-8,10H,2,9,11H2,1H3,(H2,21,26,27). The summed E-state index contributed by atoms with van der Waals surface area (Å²) in [6.45, 7) is 2.80. The van der Waals surface area contributed by atoms with E-state index in [1.807, 2.05) is 22.8 Å². The highest BCUT2D eigenvalue weighted by atomic mass is 35.5. The maximum Gasteiger partial charge on any atom is 0.238 e. The average molecular weight is 464 g/mol. The van der Waals surface area contributed by atoms with Crippen LogP contribution in [-0.4, -0.2) is 28.1 Å². The lowest BCUT2D eigenvalue weighted by molar-refractivity contribution is 0.391. The summed E-state index contributed by atoms with van der Waals surface area (Å²) in [7, 11) is -3.79. The molecular weight excluding hydrogens is 446 g/mol. The molecule has 2 aromatic heterocycles. The van der Waals surface area contributed by atoms with Crippen molar-refractivity contribution in [1.82, 2.24) is 19.7 Å². The van der Waals surface area contributed by atoms with Crippen LogP contribution in [-0.2, 0) is 22.3 Å². The van der Waals surface area contributed by atoms with Crippen molar-refractivity contribution in [3.63, 3.8) is 0 Å². The summed E-state index contributed by atoms with van der Waals surface area (Å²) in [6, 6.07) is 12.0. The SMILES string of the molecule is CCCn1c(SCc2nc(-c3ccccc3Cl)no2)nc2cc(S(N)(=O)=O)ccc21. The van der Waals surface area contributed by atoms with Crippen molar-refractivity contribution in [3.8, 4) is 11.4 Å². The second-order valence-electron chi connectivity index (χ2n) is 6.52. The fourth-order valence-corrected chi connectivity index (χ4v) is 4.64. The first kappa shape index (κ1) is 20.9. The van der Waals surface area contributed by atoms with E-state index < -0.39 is 10.0 Å². The molecule has 0 saturated carbocycles. The van der Waals surface area contributed by atoms with E-state index in [0.29, 0.717) is 33.6 Å². The fourth-order valence-electron chi connectivity index (χ4n) is 3.01. The first-order chi connectivity index (χ1) is 14.4. The van der Waals surface area contributed by atoms with E-state index in [2.05, 4.69) is 22.0 Å². The summed E-state index contributed by atoms with van der Waals surface area (Å²) in [5.74, 6) is 1.28. The molecule has 0 aliphatic heterocycles. The predicted octanol–water partition coefficient (Wildman–Crippen LogP) is 4.09. The van der Waals surface area contributed by atoms with Gasteiger partial charge in [0.15, 0.2) is 5.16 Å². The molecule has 0 atom stereocenters. The first-order valence-electron chi connectivity index (χ1n) is 9.10. The normalized spacial score (nSPS) is 12.0. The molecule has 0 spiro atoms. The number of aryl methyl sites for hydroxylation is 1. The topological polar surface area (TPSA) is 117 Å². The highest BCUT2D eigenvalue weighted by Gasteiger charge is 2.17. The van der Waals surface area contributed by atoms with Crippen LogP contribution in [0.1, 0.15) is 19.2 Å². The summed E-state index contributed by atoms with van der Waals surface area (Å²) >= 11 is 7.63. The number of rotatable bonds is 7. The molecule has 8 nitrogen and oxygen atoms in total. The maximum absolute atomic E-state index is 11.6. The molecule has 0 amide bonds. The third-order valence-electron chi connectivity index (χ3n) is 4.37. The van der Waals surface area contributed by atoms with Crippen molar-refractivity contribution in [3.05, 3.63) is 53.4 Å². The lowest BCUT2D eigenvalue weighted by Crippen LogP contribution is -2.11. The Bertz CT molecular complexity index is 1320. The minimum atomic E-state index is -3.79. The van der Waals surface area contributed by atoms with Crippen molar-refractivity contribution < 1.29 is 12.9 Å². The third kappa shape index (κ3) is 4.22. The van der Waals surface area contributed by atoms with Gasteiger partial charge in [-0.15, -0.1) is 0 Å². The molecule has 2 N–H and O–H groups in total. The number of benzene rings is 2. The number of sulfonamides is 1.